The first-order valence-electron chi connectivity index (χ1n) is 9.09. The number of aliphatic hydroxyl groups excluding tert-OH is 1. The minimum absolute atomic E-state index is 0.106. The van der Waals surface area contributed by atoms with Gasteiger partial charge in [-0.3, -0.25) is 9.78 Å². The summed E-state index contributed by atoms with van der Waals surface area (Å²) < 4.78 is 12.2. The van der Waals surface area contributed by atoms with Crippen molar-refractivity contribution in [3.8, 4) is 11.5 Å². The molecule has 0 radical (unpaired) electrons. The summed E-state index contributed by atoms with van der Waals surface area (Å²) in [6.07, 6.45) is 2.75. The lowest BCUT2D eigenvalue weighted by atomic mass is 10.2. The molecule has 152 valence electrons. The molecule has 8 nitrogen and oxygen atoms in total. The second-order valence-corrected chi connectivity index (χ2v) is 6.79. The SMILES string of the molecule is CCCOc1c(Br)cc(/C=N\Nc2nc(C)c(CCO)c(=O)[nH]2)cc1OCC. The largest absolute Gasteiger partial charge is 0.490 e. The Balaban J connectivity index is 2.19. The fourth-order valence-corrected chi connectivity index (χ4v) is 3.08. The number of H-pyrrole nitrogens is 1. The number of aromatic amines is 1. The maximum atomic E-state index is 12.0. The van der Waals surface area contributed by atoms with Gasteiger partial charge in [-0.15, -0.1) is 0 Å². The van der Waals surface area contributed by atoms with Crippen LogP contribution in [-0.4, -0.2) is 41.1 Å². The molecule has 0 fully saturated rings. The number of ether oxygens (including phenoxy) is 2. The molecule has 3 N–H and O–H groups in total. The predicted octanol–water partition coefficient (Wildman–Crippen LogP) is 3.01. The average Bonchev–Trinajstić information content (AvgIpc) is 2.64. The van der Waals surface area contributed by atoms with Gasteiger partial charge < -0.3 is 14.6 Å². The van der Waals surface area contributed by atoms with E-state index < -0.39 is 0 Å². The molecule has 1 aromatic carbocycles. The third-order valence-electron chi connectivity index (χ3n) is 3.75. The molecular weight excluding hydrogens is 428 g/mol. The van der Waals surface area contributed by atoms with Gasteiger partial charge in [0.15, 0.2) is 11.5 Å². The molecule has 0 aliphatic heterocycles. The molecule has 0 amide bonds. The lowest BCUT2D eigenvalue weighted by molar-refractivity contribution is 0.275. The van der Waals surface area contributed by atoms with Crippen molar-refractivity contribution in [1.82, 2.24) is 9.97 Å². The first kappa shape index (κ1) is 21.9. The van der Waals surface area contributed by atoms with E-state index in [1.54, 1.807) is 13.1 Å². The summed E-state index contributed by atoms with van der Waals surface area (Å²) in [5, 5.41) is 13.1. The Morgan fingerprint density at radius 3 is 2.79 bits per heavy atom. The first-order valence-corrected chi connectivity index (χ1v) is 9.88. The maximum Gasteiger partial charge on any atom is 0.255 e. The van der Waals surface area contributed by atoms with Crippen LogP contribution in [0.15, 0.2) is 26.5 Å². The zero-order chi connectivity index (χ0) is 20.5. The summed E-state index contributed by atoms with van der Waals surface area (Å²) in [4.78, 5) is 18.9. The second kappa shape index (κ2) is 10.8. The van der Waals surface area contributed by atoms with Crippen LogP contribution in [0.1, 0.15) is 37.1 Å². The Kier molecular flexibility index (Phi) is 8.46. The van der Waals surface area contributed by atoms with E-state index in [1.165, 1.54) is 0 Å². The molecule has 28 heavy (non-hydrogen) atoms. The predicted molar refractivity (Wildman–Crippen MR) is 113 cm³/mol. The van der Waals surface area contributed by atoms with Gasteiger partial charge >= 0.3 is 0 Å². The van der Waals surface area contributed by atoms with Crippen molar-refractivity contribution >= 4 is 28.1 Å². The number of aliphatic hydroxyl groups is 1. The van der Waals surface area contributed by atoms with Gasteiger partial charge in [-0.25, -0.2) is 10.4 Å². The van der Waals surface area contributed by atoms with Crippen molar-refractivity contribution in [2.45, 2.75) is 33.6 Å². The van der Waals surface area contributed by atoms with Crippen LogP contribution in [-0.2, 0) is 6.42 Å². The summed E-state index contributed by atoms with van der Waals surface area (Å²) in [6.45, 7) is 6.67. The number of aromatic nitrogens is 2. The van der Waals surface area contributed by atoms with Gasteiger partial charge in [0.1, 0.15) is 0 Å². The zero-order valence-electron chi connectivity index (χ0n) is 16.2. The summed E-state index contributed by atoms with van der Waals surface area (Å²) >= 11 is 3.51. The van der Waals surface area contributed by atoms with Crippen molar-refractivity contribution in [2.75, 3.05) is 25.2 Å². The Labute approximate surface area is 172 Å². The van der Waals surface area contributed by atoms with Crippen molar-refractivity contribution in [2.24, 2.45) is 5.10 Å². The van der Waals surface area contributed by atoms with Gasteiger partial charge in [0.25, 0.3) is 5.56 Å². The van der Waals surface area contributed by atoms with E-state index in [9.17, 15) is 4.79 Å². The standard InChI is InChI=1S/C19H25BrN4O4/c1-4-8-28-17-15(20)9-13(10-16(17)27-5-2)11-21-24-19-22-12(3)14(6-7-25)18(26)23-19/h9-11,25H,4-8H2,1-3H3,(H2,22,23,24,26)/b21-11-. The molecule has 0 aliphatic rings. The van der Waals surface area contributed by atoms with Crippen LogP contribution in [0.4, 0.5) is 5.95 Å². The smallest absolute Gasteiger partial charge is 0.255 e. The van der Waals surface area contributed by atoms with Crippen LogP contribution in [0.25, 0.3) is 0 Å². The monoisotopic (exact) mass is 452 g/mol. The summed E-state index contributed by atoms with van der Waals surface area (Å²) in [6, 6.07) is 3.70. The number of rotatable bonds is 10. The van der Waals surface area contributed by atoms with Crippen LogP contribution in [0.2, 0.25) is 0 Å². The van der Waals surface area contributed by atoms with Gasteiger partial charge in [0.2, 0.25) is 5.95 Å². The molecule has 9 heteroatoms. The van der Waals surface area contributed by atoms with Crippen LogP contribution in [0, 0.1) is 6.92 Å². The molecular formula is C19H25BrN4O4. The second-order valence-electron chi connectivity index (χ2n) is 5.93. The van der Waals surface area contributed by atoms with Gasteiger partial charge in [-0.1, -0.05) is 6.92 Å². The fourth-order valence-electron chi connectivity index (χ4n) is 2.51. The zero-order valence-corrected chi connectivity index (χ0v) is 17.8. The van der Waals surface area contributed by atoms with Gasteiger partial charge in [0, 0.05) is 18.6 Å². The minimum Gasteiger partial charge on any atom is -0.490 e. The minimum atomic E-state index is -0.293. The molecule has 1 heterocycles. The molecule has 0 saturated heterocycles. The number of hydrogen-bond donors (Lipinski definition) is 3. The van der Waals surface area contributed by atoms with E-state index in [-0.39, 0.29) is 24.5 Å². The van der Waals surface area contributed by atoms with Crippen molar-refractivity contribution in [3.63, 3.8) is 0 Å². The Morgan fingerprint density at radius 1 is 1.36 bits per heavy atom. The van der Waals surface area contributed by atoms with E-state index in [0.29, 0.717) is 36.0 Å². The quantitative estimate of drug-likeness (QED) is 0.377. The maximum absolute atomic E-state index is 12.0. The van der Waals surface area contributed by atoms with Gasteiger partial charge in [-0.05, 0) is 53.9 Å². The number of nitrogens with zero attached hydrogens (tertiary/aromatic N) is 2. The third-order valence-corrected chi connectivity index (χ3v) is 4.34. The van der Waals surface area contributed by atoms with E-state index in [1.807, 2.05) is 26.0 Å². The molecule has 0 spiro atoms. The first-order chi connectivity index (χ1) is 13.5. The van der Waals surface area contributed by atoms with Crippen LogP contribution in [0.5, 0.6) is 11.5 Å². The van der Waals surface area contributed by atoms with E-state index in [4.69, 9.17) is 14.6 Å². The van der Waals surface area contributed by atoms with E-state index in [0.717, 1.165) is 16.5 Å². The van der Waals surface area contributed by atoms with Crippen molar-refractivity contribution in [3.05, 3.63) is 43.8 Å². The lowest BCUT2D eigenvalue weighted by Crippen LogP contribution is -2.19. The average molecular weight is 453 g/mol. The van der Waals surface area contributed by atoms with Crippen LogP contribution >= 0.6 is 15.9 Å². The lowest BCUT2D eigenvalue weighted by Gasteiger charge is -2.14. The van der Waals surface area contributed by atoms with Gasteiger partial charge in [-0.2, -0.15) is 5.10 Å². The molecule has 2 aromatic rings. The van der Waals surface area contributed by atoms with Crippen molar-refractivity contribution in [1.29, 1.82) is 0 Å². The number of benzene rings is 1. The molecule has 0 unspecified atom stereocenters. The third kappa shape index (κ3) is 5.80. The number of aryl methyl sites for hydroxylation is 1. The molecule has 0 bridgehead atoms. The number of hydrazone groups is 1. The Hall–Kier alpha value is -2.39. The summed E-state index contributed by atoms with van der Waals surface area (Å²) in [7, 11) is 0. The highest BCUT2D eigenvalue weighted by Crippen LogP contribution is 2.36. The molecule has 2 rings (SSSR count). The highest BCUT2D eigenvalue weighted by molar-refractivity contribution is 9.10. The van der Waals surface area contributed by atoms with Crippen LogP contribution < -0.4 is 20.5 Å². The summed E-state index contributed by atoms with van der Waals surface area (Å²) in [5.41, 5.74) is 4.22. The highest BCUT2D eigenvalue weighted by Gasteiger charge is 2.12. The topological polar surface area (TPSA) is 109 Å². The van der Waals surface area contributed by atoms with Crippen molar-refractivity contribution < 1.29 is 14.6 Å². The van der Waals surface area contributed by atoms with Crippen LogP contribution in [0.3, 0.4) is 0 Å². The highest BCUT2D eigenvalue weighted by atomic mass is 79.9. The molecule has 1 aromatic heterocycles. The Bertz CT molecular complexity index is 883. The number of nitrogens with one attached hydrogen (secondary N) is 2. The summed E-state index contributed by atoms with van der Waals surface area (Å²) in [5.74, 6) is 1.52. The number of halogens is 1. The molecule has 0 atom stereocenters. The van der Waals surface area contributed by atoms with Gasteiger partial charge in [0.05, 0.1) is 29.6 Å². The van der Waals surface area contributed by atoms with E-state index in [2.05, 4.69) is 36.4 Å². The molecule has 0 aliphatic carbocycles. The van der Waals surface area contributed by atoms with E-state index >= 15 is 0 Å². The normalized spacial score (nSPS) is 11.0. The fraction of sp³-hybridized carbons (Fsp3) is 0.421. The Morgan fingerprint density at radius 2 is 2.14 bits per heavy atom. The number of anilines is 1. The number of hydrogen-bond acceptors (Lipinski definition) is 7. The molecule has 0 saturated carbocycles.